The summed E-state index contributed by atoms with van der Waals surface area (Å²) >= 11 is 0. The molecule has 98 valence electrons. The molecule has 0 spiro atoms. The quantitative estimate of drug-likeness (QED) is 0.888. The molecular weight excluding hydrogens is 226 g/mol. The Hall–Kier alpha value is -1.35. The first-order valence-electron chi connectivity index (χ1n) is 6.69. The first-order chi connectivity index (χ1) is 8.70. The fourth-order valence-corrected chi connectivity index (χ4v) is 2.27. The monoisotopic (exact) mass is 247 g/mol. The molecule has 3 nitrogen and oxygen atoms in total. The second-order valence-corrected chi connectivity index (χ2v) is 4.88. The predicted octanol–water partition coefficient (Wildman–Crippen LogP) is 2.74. The number of amides is 1. The summed E-state index contributed by atoms with van der Waals surface area (Å²) in [6, 6.07) is 8.41. The molecule has 18 heavy (non-hydrogen) atoms. The van der Waals surface area contributed by atoms with E-state index in [1.165, 1.54) is 5.56 Å². The summed E-state index contributed by atoms with van der Waals surface area (Å²) in [5.74, 6) is 0.0277. The number of ether oxygens (including phenoxy) is 1. The number of nitrogens with one attached hydrogen (secondary N) is 1. The highest BCUT2D eigenvalue weighted by Crippen LogP contribution is 2.19. The van der Waals surface area contributed by atoms with Gasteiger partial charge in [0.25, 0.3) is 0 Å². The molecule has 1 fully saturated rings. The lowest BCUT2D eigenvalue weighted by atomic mass is 10.0. The normalized spacial score (nSPS) is 20.7. The minimum absolute atomic E-state index is 0.0277. The molecule has 0 unspecified atom stereocenters. The van der Waals surface area contributed by atoms with Gasteiger partial charge in [0.15, 0.2) is 0 Å². The van der Waals surface area contributed by atoms with Crippen molar-refractivity contribution in [1.82, 2.24) is 5.32 Å². The molecule has 3 heteroatoms. The van der Waals surface area contributed by atoms with Crippen LogP contribution in [-0.4, -0.2) is 18.6 Å². The Morgan fingerprint density at radius 1 is 1.44 bits per heavy atom. The zero-order valence-electron chi connectivity index (χ0n) is 11.1. The Morgan fingerprint density at radius 3 is 2.72 bits per heavy atom. The molecule has 0 saturated carbocycles. The Balaban J connectivity index is 2.00. The number of benzene rings is 1. The number of hydrogen-bond donors (Lipinski definition) is 1. The third-order valence-corrected chi connectivity index (χ3v) is 3.43. The van der Waals surface area contributed by atoms with E-state index in [1.54, 1.807) is 0 Å². The van der Waals surface area contributed by atoms with Gasteiger partial charge in [0.05, 0.1) is 6.04 Å². The predicted molar refractivity (Wildman–Crippen MR) is 71.3 cm³/mol. The fraction of sp³-hybridized carbons (Fsp3) is 0.533. The summed E-state index contributed by atoms with van der Waals surface area (Å²) in [5, 5.41) is 3.08. The van der Waals surface area contributed by atoms with Crippen molar-refractivity contribution in [1.29, 1.82) is 0 Å². The maximum atomic E-state index is 12.0. The van der Waals surface area contributed by atoms with E-state index in [9.17, 15) is 4.79 Å². The SMILES string of the molecule is CC[C@@H](NC(=O)[C@H]1CCCO1)c1ccc(C)cc1. The largest absolute Gasteiger partial charge is 0.368 e. The molecule has 0 bridgehead atoms. The van der Waals surface area contributed by atoms with Gasteiger partial charge >= 0.3 is 0 Å². The van der Waals surface area contributed by atoms with Crippen molar-refractivity contribution in [3.8, 4) is 0 Å². The highest BCUT2D eigenvalue weighted by molar-refractivity contribution is 5.81. The second kappa shape index (κ2) is 6.01. The summed E-state index contributed by atoms with van der Waals surface area (Å²) < 4.78 is 5.40. The highest BCUT2D eigenvalue weighted by Gasteiger charge is 2.25. The van der Waals surface area contributed by atoms with Crippen LogP contribution in [0.2, 0.25) is 0 Å². The van der Waals surface area contributed by atoms with Crippen LogP contribution in [0, 0.1) is 6.92 Å². The number of aryl methyl sites for hydroxylation is 1. The smallest absolute Gasteiger partial charge is 0.249 e. The van der Waals surface area contributed by atoms with Gasteiger partial charge in [0.2, 0.25) is 5.91 Å². The van der Waals surface area contributed by atoms with Gasteiger partial charge < -0.3 is 10.1 Å². The van der Waals surface area contributed by atoms with Gasteiger partial charge in [0, 0.05) is 6.61 Å². The van der Waals surface area contributed by atoms with E-state index in [4.69, 9.17) is 4.74 Å². The fourth-order valence-electron chi connectivity index (χ4n) is 2.27. The lowest BCUT2D eigenvalue weighted by Crippen LogP contribution is -2.36. The molecule has 1 aromatic rings. The van der Waals surface area contributed by atoms with Gasteiger partial charge in [-0.2, -0.15) is 0 Å². The first-order valence-corrected chi connectivity index (χ1v) is 6.69. The van der Waals surface area contributed by atoms with Gasteiger partial charge in [-0.1, -0.05) is 36.8 Å². The van der Waals surface area contributed by atoms with Crippen molar-refractivity contribution in [2.24, 2.45) is 0 Å². The average Bonchev–Trinajstić information content (AvgIpc) is 2.91. The molecule has 1 saturated heterocycles. The summed E-state index contributed by atoms with van der Waals surface area (Å²) in [6.45, 7) is 4.86. The lowest BCUT2D eigenvalue weighted by molar-refractivity contribution is -0.130. The maximum Gasteiger partial charge on any atom is 0.249 e. The summed E-state index contributed by atoms with van der Waals surface area (Å²) in [6.07, 6.45) is 2.47. The molecule has 1 heterocycles. The molecule has 2 atom stereocenters. The molecule has 0 aromatic heterocycles. The Kier molecular flexibility index (Phi) is 4.37. The molecule has 1 aliphatic rings. The molecule has 0 aliphatic carbocycles. The number of rotatable bonds is 4. The van der Waals surface area contributed by atoms with Gasteiger partial charge in [-0.3, -0.25) is 4.79 Å². The summed E-state index contributed by atoms with van der Waals surface area (Å²) in [4.78, 5) is 12.0. The van der Waals surface area contributed by atoms with E-state index in [1.807, 2.05) is 0 Å². The Labute approximate surface area is 109 Å². The van der Waals surface area contributed by atoms with Crippen molar-refractivity contribution < 1.29 is 9.53 Å². The topological polar surface area (TPSA) is 38.3 Å². The van der Waals surface area contributed by atoms with Gasteiger partial charge in [0.1, 0.15) is 6.10 Å². The van der Waals surface area contributed by atoms with Crippen molar-refractivity contribution in [3.05, 3.63) is 35.4 Å². The van der Waals surface area contributed by atoms with Crippen LogP contribution in [0.3, 0.4) is 0 Å². The molecule has 0 radical (unpaired) electrons. The standard InChI is InChI=1S/C15H21NO2/c1-3-13(12-8-6-11(2)7-9-12)16-15(17)14-5-4-10-18-14/h6-9,13-14H,3-5,10H2,1-2H3,(H,16,17)/t13-,14-/m1/s1. The number of carbonyl (C=O) groups excluding carboxylic acids is 1. The lowest BCUT2D eigenvalue weighted by Gasteiger charge is -2.19. The van der Waals surface area contributed by atoms with Crippen LogP contribution in [0.5, 0.6) is 0 Å². The average molecular weight is 247 g/mol. The minimum Gasteiger partial charge on any atom is -0.368 e. The van der Waals surface area contributed by atoms with Crippen LogP contribution < -0.4 is 5.32 Å². The zero-order chi connectivity index (χ0) is 13.0. The highest BCUT2D eigenvalue weighted by atomic mass is 16.5. The van der Waals surface area contributed by atoms with Crippen LogP contribution in [0.1, 0.15) is 43.4 Å². The molecule has 1 aromatic carbocycles. The molecule has 2 rings (SSSR count). The molecule has 1 amide bonds. The van der Waals surface area contributed by atoms with Crippen LogP contribution in [0.4, 0.5) is 0 Å². The van der Waals surface area contributed by atoms with E-state index in [0.29, 0.717) is 6.61 Å². The molecule has 1 N–H and O–H groups in total. The third kappa shape index (κ3) is 3.10. The second-order valence-electron chi connectivity index (χ2n) is 4.88. The van der Waals surface area contributed by atoms with Crippen LogP contribution in [0.15, 0.2) is 24.3 Å². The van der Waals surface area contributed by atoms with E-state index in [2.05, 4.69) is 43.4 Å². The van der Waals surface area contributed by atoms with Crippen molar-refractivity contribution in [2.45, 2.75) is 45.3 Å². The van der Waals surface area contributed by atoms with E-state index in [0.717, 1.165) is 24.8 Å². The van der Waals surface area contributed by atoms with Gasteiger partial charge in [-0.25, -0.2) is 0 Å². The van der Waals surface area contributed by atoms with Crippen molar-refractivity contribution in [2.75, 3.05) is 6.61 Å². The van der Waals surface area contributed by atoms with Gasteiger partial charge in [-0.05, 0) is 31.7 Å². The van der Waals surface area contributed by atoms with E-state index < -0.39 is 0 Å². The van der Waals surface area contributed by atoms with Gasteiger partial charge in [-0.15, -0.1) is 0 Å². The van der Waals surface area contributed by atoms with Crippen LogP contribution in [-0.2, 0) is 9.53 Å². The summed E-state index contributed by atoms with van der Waals surface area (Å²) in [5.41, 5.74) is 2.40. The minimum atomic E-state index is -0.246. The van der Waals surface area contributed by atoms with Crippen LogP contribution >= 0.6 is 0 Å². The van der Waals surface area contributed by atoms with Crippen molar-refractivity contribution in [3.63, 3.8) is 0 Å². The number of carbonyl (C=O) groups is 1. The third-order valence-electron chi connectivity index (χ3n) is 3.43. The first kappa shape index (κ1) is 13.1. The molecule has 1 aliphatic heterocycles. The molecular formula is C15H21NO2. The zero-order valence-corrected chi connectivity index (χ0v) is 11.1. The Morgan fingerprint density at radius 2 is 2.17 bits per heavy atom. The summed E-state index contributed by atoms with van der Waals surface area (Å²) in [7, 11) is 0. The van der Waals surface area contributed by atoms with E-state index >= 15 is 0 Å². The Bertz CT molecular complexity index is 393. The van der Waals surface area contributed by atoms with Crippen molar-refractivity contribution >= 4 is 5.91 Å². The van der Waals surface area contributed by atoms with Crippen LogP contribution in [0.25, 0.3) is 0 Å². The van der Waals surface area contributed by atoms with E-state index in [-0.39, 0.29) is 18.1 Å². The maximum absolute atomic E-state index is 12.0. The number of hydrogen-bond acceptors (Lipinski definition) is 2.